The van der Waals surface area contributed by atoms with E-state index >= 15 is 0 Å². The van der Waals surface area contributed by atoms with Gasteiger partial charge in [0.1, 0.15) is 0 Å². The Kier molecular flexibility index (Phi) is 4.75. The van der Waals surface area contributed by atoms with E-state index < -0.39 is 0 Å². The average molecular weight is 266 g/mol. The van der Waals surface area contributed by atoms with Gasteiger partial charge < -0.3 is 10.1 Å². The molecule has 0 fully saturated rings. The highest BCUT2D eigenvalue weighted by atomic mass is 16.5. The molecule has 2 rings (SSSR count). The molecule has 1 N–H and O–H groups in total. The van der Waals surface area contributed by atoms with E-state index in [1.54, 1.807) is 7.11 Å². The molecule has 0 aliphatic rings. The Balaban J connectivity index is 2.08. The molecule has 20 heavy (non-hydrogen) atoms. The summed E-state index contributed by atoms with van der Waals surface area (Å²) in [5.74, 6) is 0. The summed E-state index contributed by atoms with van der Waals surface area (Å²) in [6.45, 7) is 2.71. The number of nitrogens with one attached hydrogen (secondary N) is 1. The number of nitriles is 1. The van der Waals surface area contributed by atoms with Gasteiger partial charge in [-0.1, -0.05) is 24.3 Å². The number of ether oxygens (including phenoxy) is 1. The molecule has 0 aliphatic heterocycles. The lowest BCUT2D eigenvalue weighted by atomic mass is 10.1. The van der Waals surface area contributed by atoms with Gasteiger partial charge in [-0.25, -0.2) is 0 Å². The van der Waals surface area contributed by atoms with Crippen LogP contribution in [0.3, 0.4) is 0 Å². The molecule has 0 aliphatic carbocycles. The Labute approximate surface area is 119 Å². The number of anilines is 1. The first-order valence-corrected chi connectivity index (χ1v) is 6.57. The molecule has 0 amide bonds. The topological polar surface area (TPSA) is 45.0 Å². The van der Waals surface area contributed by atoms with Crippen molar-refractivity contribution >= 4 is 5.69 Å². The van der Waals surface area contributed by atoms with Crippen LogP contribution in [0.4, 0.5) is 5.69 Å². The van der Waals surface area contributed by atoms with Crippen molar-refractivity contribution in [3.05, 3.63) is 65.2 Å². The molecular formula is C17H18N2O. The third-order valence-electron chi connectivity index (χ3n) is 3.16. The average Bonchev–Trinajstić information content (AvgIpc) is 2.48. The summed E-state index contributed by atoms with van der Waals surface area (Å²) >= 11 is 0. The molecule has 3 heteroatoms. The van der Waals surface area contributed by atoms with Gasteiger partial charge in [-0.05, 0) is 42.3 Å². The minimum atomic E-state index is 0.181. The second-order valence-corrected chi connectivity index (χ2v) is 4.73. The summed E-state index contributed by atoms with van der Waals surface area (Å²) in [5, 5.41) is 12.3. The van der Waals surface area contributed by atoms with Gasteiger partial charge in [0.05, 0.1) is 18.2 Å². The van der Waals surface area contributed by atoms with Gasteiger partial charge in [0.15, 0.2) is 0 Å². The van der Waals surface area contributed by atoms with E-state index in [1.165, 1.54) is 0 Å². The van der Waals surface area contributed by atoms with Crippen LogP contribution < -0.4 is 5.32 Å². The number of nitrogens with zero attached hydrogens (tertiary/aromatic N) is 1. The molecule has 0 radical (unpaired) electrons. The van der Waals surface area contributed by atoms with Crippen molar-refractivity contribution in [2.45, 2.75) is 19.6 Å². The highest BCUT2D eigenvalue weighted by Crippen LogP contribution is 2.20. The third-order valence-corrected chi connectivity index (χ3v) is 3.16. The summed E-state index contributed by atoms with van der Waals surface area (Å²) in [5.41, 5.74) is 4.05. The number of benzene rings is 2. The van der Waals surface area contributed by atoms with E-state index in [0.717, 1.165) is 16.8 Å². The summed E-state index contributed by atoms with van der Waals surface area (Å²) in [4.78, 5) is 0. The highest BCUT2D eigenvalue weighted by molar-refractivity contribution is 5.48. The van der Waals surface area contributed by atoms with Crippen LogP contribution >= 0.6 is 0 Å². The normalized spacial score (nSPS) is 11.7. The first-order valence-electron chi connectivity index (χ1n) is 6.57. The van der Waals surface area contributed by atoms with E-state index in [-0.39, 0.29) is 6.04 Å². The maximum absolute atomic E-state index is 8.81. The second kappa shape index (κ2) is 6.74. The first kappa shape index (κ1) is 14.1. The molecule has 3 nitrogen and oxygen atoms in total. The fourth-order valence-corrected chi connectivity index (χ4v) is 2.10. The summed E-state index contributed by atoms with van der Waals surface area (Å²) in [7, 11) is 1.69. The predicted molar refractivity (Wildman–Crippen MR) is 80.3 cm³/mol. The Morgan fingerprint density at radius 1 is 1.20 bits per heavy atom. The standard InChI is InChI=1S/C17H18N2O/c1-13(16-8-6-14(11-18)7-9-16)19-17-5-3-4-15(10-17)12-20-2/h3-10,13,19H,12H2,1-2H3. The Bertz CT molecular complexity index is 599. The molecule has 102 valence electrons. The van der Waals surface area contributed by atoms with Gasteiger partial charge in [-0.15, -0.1) is 0 Å². The fraction of sp³-hybridized carbons (Fsp3) is 0.235. The van der Waals surface area contributed by atoms with Crippen LogP contribution in [0, 0.1) is 11.3 Å². The van der Waals surface area contributed by atoms with Crippen LogP contribution in [0.15, 0.2) is 48.5 Å². The van der Waals surface area contributed by atoms with E-state index in [0.29, 0.717) is 12.2 Å². The van der Waals surface area contributed by atoms with Gasteiger partial charge in [-0.3, -0.25) is 0 Å². The quantitative estimate of drug-likeness (QED) is 0.893. The highest BCUT2D eigenvalue weighted by Gasteiger charge is 2.05. The number of hydrogen-bond acceptors (Lipinski definition) is 3. The Morgan fingerprint density at radius 3 is 2.60 bits per heavy atom. The van der Waals surface area contributed by atoms with Gasteiger partial charge in [0.2, 0.25) is 0 Å². The van der Waals surface area contributed by atoms with Crippen LogP contribution in [0.25, 0.3) is 0 Å². The zero-order chi connectivity index (χ0) is 14.4. The smallest absolute Gasteiger partial charge is 0.0991 e. The van der Waals surface area contributed by atoms with Gasteiger partial charge >= 0.3 is 0 Å². The molecule has 1 unspecified atom stereocenters. The molecule has 0 saturated carbocycles. The monoisotopic (exact) mass is 266 g/mol. The first-order chi connectivity index (χ1) is 9.72. The Morgan fingerprint density at radius 2 is 1.95 bits per heavy atom. The molecule has 2 aromatic rings. The second-order valence-electron chi connectivity index (χ2n) is 4.73. The zero-order valence-corrected chi connectivity index (χ0v) is 11.8. The third kappa shape index (κ3) is 3.59. The van der Waals surface area contributed by atoms with Gasteiger partial charge in [-0.2, -0.15) is 5.26 Å². The number of hydrogen-bond donors (Lipinski definition) is 1. The summed E-state index contributed by atoms with van der Waals surface area (Å²) < 4.78 is 5.14. The molecular weight excluding hydrogens is 248 g/mol. The SMILES string of the molecule is COCc1cccc(NC(C)c2ccc(C#N)cc2)c1. The predicted octanol–water partition coefficient (Wildman–Crippen LogP) is 3.88. The van der Waals surface area contributed by atoms with E-state index in [2.05, 4.69) is 24.4 Å². The van der Waals surface area contributed by atoms with Crippen molar-refractivity contribution in [1.82, 2.24) is 0 Å². The lowest BCUT2D eigenvalue weighted by molar-refractivity contribution is 0.185. The molecule has 0 spiro atoms. The number of rotatable bonds is 5. The zero-order valence-electron chi connectivity index (χ0n) is 11.8. The number of methoxy groups -OCH3 is 1. The van der Waals surface area contributed by atoms with E-state index in [1.807, 2.05) is 42.5 Å². The lowest BCUT2D eigenvalue weighted by Gasteiger charge is -2.16. The lowest BCUT2D eigenvalue weighted by Crippen LogP contribution is -2.06. The van der Waals surface area contributed by atoms with E-state index in [9.17, 15) is 0 Å². The van der Waals surface area contributed by atoms with Crippen LogP contribution in [-0.2, 0) is 11.3 Å². The summed E-state index contributed by atoms with van der Waals surface area (Å²) in [6, 6.07) is 18.1. The molecule has 0 heterocycles. The fourth-order valence-electron chi connectivity index (χ4n) is 2.10. The molecule has 0 bridgehead atoms. The van der Waals surface area contributed by atoms with Crippen LogP contribution in [0.1, 0.15) is 29.7 Å². The largest absolute Gasteiger partial charge is 0.380 e. The maximum Gasteiger partial charge on any atom is 0.0991 e. The summed E-state index contributed by atoms with van der Waals surface area (Å²) in [6.07, 6.45) is 0. The molecule has 1 atom stereocenters. The van der Waals surface area contributed by atoms with Crippen LogP contribution in [0.2, 0.25) is 0 Å². The Hall–Kier alpha value is -2.31. The minimum absolute atomic E-state index is 0.181. The van der Waals surface area contributed by atoms with Crippen molar-refractivity contribution in [2.75, 3.05) is 12.4 Å². The van der Waals surface area contributed by atoms with Crippen molar-refractivity contribution in [3.8, 4) is 6.07 Å². The van der Waals surface area contributed by atoms with Gasteiger partial charge in [0.25, 0.3) is 0 Å². The van der Waals surface area contributed by atoms with Crippen molar-refractivity contribution in [2.24, 2.45) is 0 Å². The van der Waals surface area contributed by atoms with Crippen molar-refractivity contribution in [1.29, 1.82) is 5.26 Å². The van der Waals surface area contributed by atoms with Crippen molar-refractivity contribution in [3.63, 3.8) is 0 Å². The van der Waals surface area contributed by atoms with Crippen molar-refractivity contribution < 1.29 is 4.74 Å². The van der Waals surface area contributed by atoms with Gasteiger partial charge in [0, 0.05) is 18.8 Å². The van der Waals surface area contributed by atoms with E-state index in [4.69, 9.17) is 10.00 Å². The minimum Gasteiger partial charge on any atom is -0.380 e. The maximum atomic E-state index is 8.81. The molecule has 2 aromatic carbocycles. The van der Waals surface area contributed by atoms with Crippen LogP contribution in [-0.4, -0.2) is 7.11 Å². The van der Waals surface area contributed by atoms with Crippen LogP contribution in [0.5, 0.6) is 0 Å². The molecule has 0 saturated heterocycles. The molecule has 0 aromatic heterocycles.